The average molecular weight is 169 g/mol. The van der Waals surface area contributed by atoms with Crippen molar-refractivity contribution in [2.24, 2.45) is 5.92 Å². The van der Waals surface area contributed by atoms with Crippen LogP contribution in [0.15, 0.2) is 0 Å². The molecule has 0 atom stereocenters. The second kappa shape index (κ2) is 2.71. The quantitative estimate of drug-likeness (QED) is 0.635. The Morgan fingerprint density at radius 1 is 1.50 bits per heavy atom. The highest BCUT2D eigenvalue weighted by Crippen LogP contribution is 2.49. The minimum Gasteiger partial charge on any atom is -0.377 e. The van der Waals surface area contributed by atoms with Crippen molar-refractivity contribution in [2.75, 3.05) is 20.2 Å². The summed E-state index contributed by atoms with van der Waals surface area (Å²) >= 11 is 0. The van der Waals surface area contributed by atoms with Crippen LogP contribution in [0, 0.1) is 5.92 Å². The normalized spacial score (nSPS) is 40.5. The van der Waals surface area contributed by atoms with Gasteiger partial charge in [0.25, 0.3) is 0 Å². The fraction of sp³-hybridized carbons (Fsp3) is 1.00. The van der Waals surface area contributed by atoms with E-state index in [4.69, 9.17) is 4.74 Å². The molecule has 0 unspecified atom stereocenters. The van der Waals surface area contributed by atoms with Gasteiger partial charge in [0, 0.05) is 12.1 Å². The van der Waals surface area contributed by atoms with Crippen LogP contribution in [0.1, 0.15) is 26.7 Å². The number of likely N-dealkylation sites (N-methyl/N-ethyl adjacent to an activating group) is 1. The molecule has 3 aliphatic rings. The molecule has 70 valence electrons. The maximum Gasteiger partial charge on any atom is 0.0654 e. The Morgan fingerprint density at radius 3 is 2.58 bits per heavy atom. The molecule has 3 fully saturated rings. The van der Waals surface area contributed by atoms with Crippen molar-refractivity contribution in [1.29, 1.82) is 0 Å². The van der Waals surface area contributed by atoms with Crippen LogP contribution in [-0.4, -0.2) is 36.7 Å². The maximum atomic E-state index is 5.70. The van der Waals surface area contributed by atoms with Gasteiger partial charge in [0.15, 0.2) is 0 Å². The van der Waals surface area contributed by atoms with E-state index in [-0.39, 0.29) is 0 Å². The summed E-state index contributed by atoms with van der Waals surface area (Å²) in [4.78, 5) is 2.49. The summed E-state index contributed by atoms with van der Waals surface area (Å²) in [5.41, 5.74) is 0.439. The molecule has 0 aromatic carbocycles. The SMILES string of the molecule is CC(C)OCC12CC(CN1C)C2. The predicted octanol–water partition coefficient (Wildman–Crippen LogP) is 1.51. The molecule has 1 saturated carbocycles. The third-order valence-electron chi connectivity index (χ3n) is 3.36. The van der Waals surface area contributed by atoms with Crippen LogP contribution in [0.4, 0.5) is 0 Å². The van der Waals surface area contributed by atoms with Crippen LogP contribution in [0.25, 0.3) is 0 Å². The molecule has 0 aromatic rings. The van der Waals surface area contributed by atoms with Crippen LogP contribution < -0.4 is 0 Å². The van der Waals surface area contributed by atoms with E-state index in [0.29, 0.717) is 11.6 Å². The zero-order valence-electron chi connectivity index (χ0n) is 8.34. The molecule has 0 N–H and O–H groups in total. The summed E-state index contributed by atoms with van der Waals surface area (Å²) in [7, 11) is 2.23. The minimum atomic E-state index is 0.382. The highest BCUT2D eigenvalue weighted by molar-refractivity contribution is 5.09. The molecule has 0 aromatic heterocycles. The van der Waals surface area contributed by atoms with Gasteiger partial charge in [-0.05, 0) is 39.7 Å². The third kappa shape index (κ3) is 1.17. The molecular formula is C10H19NO. The maximum absolute atomic E-state index is 5.70. The molecule has 2 aliphatic heterocycles. The topological polar surface area (TPSA) is 12.5 Å². The van der Waals surface area contributed by atoms with Gasteiger partial charge in [-0.15, -0.1) is 0 Å². The van der Waals surface area contributed by atoms with Crippen molar-refractivity contribution in [1.82, 2.24) is 4.90 Å². The van der Waals surface area contributed by atoms with Crippen molar-refractivity contribution >= 4 is 0 Å². The molecule has 2 heterocycles. The molecule has 12 heavy (non-hydrogen) atoms. The monoisotopic (exact) mass is 169 g/mol. The Morgan fingerprint density at radius 2 is 2.17 bits per heavy atom. The van der Waals surface area contributed by atoms with Gasteiger partial charge in [0.05, 0.1) is 12.7 Å². The molecule has 2 heteroatoms. The lowest BCUT2D eigenvalue weighted by atomic mass is 9.74. The number of fused-ring (bicyclic) bond motifs is 1. The van der Waals surface area contributed by atoms with Crippen LogP contribution in [-0.2, 0) is 4.74 Å². The van der Waals surface area contributed by atoms with Gasteiger partial charge in [-0.2, -0.15) is 0 Å². The molecule has 2 saturated heterocycles. The van der Waals surface area contributed by atoms with E-state index in [0.717, 1.165) is 12.5 Å². The lowest BCUT2D eigenvalue weighted by Gasteiger charge is -2.41. The van der Waals surface area contributed by atoms with Gasteiger partial charge >= 0.3 is 0 Å². The Hall–Kier alpha value is -0.0800. The van der Waals surface area contributed by atoms with E-state index < -0.39 is 0 Å². The van der Waals surface area contributed by atoms with Gasteiger partial charge in [-0.1, -0.05) is 0 Å². The third-order valence-corrected chi connectivity index (χ3v) is 3.36. The van der Waals surface area contributed by atoms with Gasteiger partial charge in [-0.3, -0.25) is 4.90 Å². The Labute approximate surface area is 74.9 Å². The Balaban J connectivity index is 1.87. The van der Waals surface area contributed by atoms with Crippen molar-refractivity contribution in [2.45, 2.75) is 38.3 Å². The lowest BCUT2D eigenvalue weighted by molar-refractivity contribution is -0.0234. The van der Waals surface area contributed by atoms with Crippen molar-refractivity contribution in [3.63, 3.8) is 0 Å². The first kappa shape index (κ1) is 8.52. The van der Waals surface area contributed by atoms with E-state index in [1.54, 1.807) is 0 Å². The van der Waals surface area contributed by atoms with E-state index in [9.17, 15) is 0 Å². The van der Waals surface area contributed by atoms with Gasteiger partial charge < -0.3 is 4.74 Å². The summed E-state index contributed by atoms with van der Waals surface area (Å²) in [6, 6.07) is 0. The molecular weight excluding hydrogens is 150 g/mol. The zero-order chi connectivity index (χ0) is 8.77. The standard InChI is InChI=1S/C10H19NO/c1-8(2)12-7-10-4-9(5-10)6-11(10)3/h8-9H,4-7H2,1-3H3. The molecule has 3 rings (SSSR count). The smallest absolute Gasteiger partial charge is 0.0654 e. The lowest BCUT2D eigenvalue weighted by Crippen LogP contribution is -2.48. The highest BCUT2D eigenvalue weighted by Gasteiger charge is 2.54. The number of ether oxygens (including phenoxy) is 1. The van der Waals surface area contributed by atoms with Crippen LogP contribution in [0.5, 0.6) is 0 Å². The first-order valence-corrected chi connectivity index (χ1v) is 4.95. The molecule has 0 spiro atoms. The zero-order valence-corrected chi connectivity index (χ0v) is 8.34. The molecule has 0 amide bonds. The second-order valence-electron chi connectivity index (χ2n) is 4.74. The van der Waals surface area contributed by atoms with Crippen LogP contribution in [0.3, 0.4) is 0 Å². The van der Waals surface area contributed by atoms with Gasteiger partial charge in [0.2, 0.25) is 0 Å². The molecule has 1 aliphatic carbocycles. The van der Waals surface area contributed by atoms with Crippen molar-refractivity contribution < 1.29 is 4.74 Å². The van der Waals surface area contributed by atoms with Gasteiger partial charge in [-0.25, -0.2) is 0 Å². The first-order chi connectivity index (χ1) is 5.62. The highest BCUT2D eigenvalue weighted by atomic mass is 16.5. The predicted molar refractivity (Wildman–Crippen MR) is 49.2 cm³/mol. The van der Waals surface area contributed by atoms with E-state index in [2.05, 4.69) is 25.8 Å². The summed E-state index contributed by atoms with van der Waals surface area (Å²) in [5, 5.41) is 0. The number of hydrogen-bond acceptors (Lipinski definition) is 2. The Bertz CT molecular complexity index is 173. The number of hydrogen-bond donors (Lipinski definition) is 0. The fourth-order valence-corrected chi connectivity index (χ4v) is 2.59. The fourth-order valence-electron chi connectivity index (χ4n) is 2.59. The Kier molecular flexibility index (Phi) is 1.92. The number of nitrogens with zero attached hydrogens (tertiary/aromatic N) is 1. The molecule has 2 nitrogen and oxygen atoms in total. The largest absolute Gasteiger partial charge is 0.377 e. The summed E-state index contributed by atoms with van der Waals surface area (Å²) in [6.07, 6.45) is 3.12. The second-order valence-corrected chi connectivity index (χ2v) is 4.74. The summed E-state index contributed by atoms with van der Waals surface area (Å²) < 4.78 is 5.70. The molecule has 2 bridgehead atoms. The van der Waals surface area contributed by atoms with Crippen LogP contribution >= 0.6 is 0 Å². The van der Waals surface area contributed by atoms with Gasteiger partial charge in [0.1, 0.15) is 0 Å². The van der Waals surface area contributed by atoms with E-state index in [1.165, 1.54) is 19.4 Å². The van der Waals surface area contributed by atoms with Crippen LogP contribution in [0.2, 0.25) is 0 Å². The number of rotatable bonds is 3. The summed E-state index contributed by atoms with van der Waals surface area (Å²) in [5.74, 6) is 0.978. The van der Waals surface area contributed by atoms with Crippen molar-refractivity contribution in [3.05, 3.63) is 0 Å². The van der Waals surface area contributed by atoms with Crippen molar-refractivity contribution in [3.8, 4) is 0 Å². The van der Waals surface area contributed by atoms with E-state index in [1.807, 2.05) is 0 Å². The first-order valence-electron chi connectivity index (χ1n) is 4.95. The minimum absolute atomic E-state index is 0.382. The average Bonchev–Trinajstić information content (AvgIpc) is 2.35. The summed E-state index contributed by atoms with van der Waals surface area (Å²) in [6.45, 7) is 6.46. The molecule has 0 radical (unpaired) electrons. The van der Waals surface area contributed by atoms with E-state index >= 15 is 0 Å².